The molecular formula is C29H28N2O5S. The number of thioether (sulfide) groups is 1. The number of nitrogens with one attached hydrogen (secondary N) is 2. The number of carboxylic acids is 1. The van der Waals surface area contributed by atoms with Crippen molar-refractivity contribution >= 4 is 40.9 Å². The summed E-state index contributed by atoms with van der Waals surface area (Å²) in [5.74, 6) is -1.38. The number of para-hydroxylation sites is 1. The van der Waals surface area contributed by atoms with Crippen LogP contribution >= 0.6 is 11.8 Å². The molecule has 3 aromatic carbocycles. The Morgan fingerprint density at radius 3 is 2.22 bits per heavy atom. The minimum atomic E-state index is -0.966. The molecule has 0 heterocycles. The summed E-state index contributed by atoms with van der Waals surface area (Å²) in [6, 6.07) is 23.8. The first-order valence-electron chi connectivity index (χ1n) is 12.0. The standard InChI is InChI=1S/C29H28N2O5S/c1-19(27(32)30-20-14-16-23(17-15-20)36-22-9-3-2-4-10-22)37-24-11-7-8-21(18-24)31-28(33)25-12-5-6-13-26(25)29(34)35/h2-11,14-19,25-26H,12-13H2,1H3,(H,30,32)(H,31,33)(H,34,35). The maximum absolute atomic E-state index is 12.8. The molecule has 1 aliphatic carbocycles. The highest BCUT2D eigenvalue weighted by Gasteiger charge is 2.34. The lowest BCUT2D eigenvalue weighted by Gasteiger charge is -2.24. The van der Waals surface area contributed by atoms with Gasteiger partial charge in [-0.1, -0.05) is 36.4 Å². The largest absolute Gasteiger partial charge is 0.481 e. The van der Waals surface area contributed by atoms with E-state index in [2.05, 4.69) is 10.6 Å². The molecule has 2 amide bonds. The number of aliphatic carboxylic acids is 1. The summed E-state index contributed by atoms with van der Waals surface area (Å²) in [6.07, 6.45) is 4.39. The summed E-state index contributed by atoms with van der Waals surface area (Å²) in [7, 11) is 0. The molecule has 0 bridgehead atoms. The van der Waals surface area contributed by atoms with Gasteiger partial charge in [0.15, 0.2) is 0 Å². The molecule has 3 aromatic rings. The van der Waals surface area contributed by atoms with Crippen LogP contribution in [0.4, 0.5) is 11.4 Å². The number of rotatable bonds is 9. The molecule has 3 N–H and O–H groups in total. The van der Waals surface area contributed by atoms with Gasteiger partial charge in [0.25, 0.3) is 0 Å². The van der Waals surface area contributed by atoms with E-state index in [1.807, 2.05) is 49.4 Å². The smallest absolute Gasteiger partial charge is 0.307 e. The normalized spacial score (nSPS) is 17.4. The number of ether oxygens (including phenoxy) is 1. The van der Waals surface area contributed by atoms with Crippen molar-refractivity contribution < 1.29 is 24.2 Å². The van der Waals surface area contributed by atoms with E-state index < -0.39 is 23.1 Å². The van der Waals surface area contributed by atoms with Gasteiger partial charge < -0.3 is 20.5 Å². The number of carboxylic acid groups (broad SMARTS) is 1. The van der Waals surface area contributed by atoms with Crippen molar-refractivity contribution in [3.05, 3.63) is 91.0 Å². The SMILES string of the molecule is CC(Sc1cccc(NC(=O)C2CC=CCC2C(=O)O)c1)C(=O)Nc1ccc(Oc2ccccc2)cc1. The van der Waals surface area contributed by atoms with E-state index in [0.29, 0.717) is 30.0 Å². The summed E-state index contributed by atoms with van der Waals surface area (Å²) < 4.78 is 5.78. The highest BCUT2D eigenvalue weighted by atomic mass is 32.2. The van der Waals surface area contributed by atoms with Crippen LogP contribution in [0.5, 0.6) is 11.5 Å². The van der Waals surface area contributed by atoms with Gasteiger partial charge in [-0.2, -0.15) is 0 Å². The third-order valence-corrected chi connectivity index (χ3v) is 7.06. The second-order valence-corrected chi connectivity index (χ2v) is 10.1. The lowest BCUT2D eigenvalue weighted by atomic mass is 9.82. The lowest BCUT2D eigenvalue weighted by Crippen LogP contribution is -2.34. The summed E-state index contributed by atoms with van der Waals surface area (Å²) in [6.45, 7) is 1.81. The van der Waals surface area contributed by atoms with E-state index in [1.165, 1.54) is 11.8 Å². The third kappa shape index (κ3) is 7.24. The van der Waals surface area contributed by atoms with E-state index >= 15 is 0 Å². The number of carbonyl (C=O) groups excluding carboxylic acids is 2. The predicted molar refractivity (Wildman–Crippen MR) is 145 cm³/mol. The lowest BCUT2D eigenvalue weighted by molar-refractivity contribution is -0.146. The van der Waals surface area contributed by atoms with Gasteiger partial charge in [0.05, 0.1) is 17.1 Å². The van der Waals surface area contributed by atoms with Crippen molar-refractivity contribution in [3.8, 4) is 11.5 Å². The van der Waals surface area contributed by atoms with Gasteiger partial charge in [0.1, 0.15) is 11.5 Å². The van der Waals surface area contributed by atoms with Crippen LogP contribution < -0.4 is 15.4 Å². The van der Waals surface area contributed by atoms with E-state index in [0.717, 1.165) is 10.6 Å². The fourth-order valence-electron chi connectivity index (χ4n) is 3.99. The Bertz CT molecular complexity index is 1280. The molecule has 0 saturated heterocycles. The van der Waals surface area contributed by atoms with Gasteiger partial charge in [0, 0.05) is 16.3 Å². The molecule has 0 radical (unpaired) electrons. The molecule has 37 heavy (non-hydrogen) atoms. The molecule has 0 spiro atoms. The van der Waals surface area contributed by atoms with Crippen LogP contribution in [0.25, 0.3) is 0 Å². The molecule has 3 unspecified atom stereocenters. The van der Waals surface area contributed by atoms with E-state index in [4.69, 9.17) is 4.74 Å². The highest BCUT2D eigenvalue weighted by Crippen LogP contribution is 2.30. The fourth-order valence-corrected chi connectivity index (χ4v) is 4.92. The Hall–Kier alpha value is -4.04. The molecular weight excluding hydrogens is 488 g/mol. The molecule has 190 valence electrons. The third-order valence-electron chi connectivity index (χ3n) is 5.97. The molecule has 4 rings (SSSR count). The highest BCUT2D eigenvalue weighted by molar-refractivity contribution is 8.00. The number of hydrogen-bond acceptors (Lipinski definition) is 5. The average molecular weight is 517 g/mol. The van der Waals surface area contributed by atoms with Crippen LogP contribution in [0, 0.1) is 11.8 Å². The van der Waals surface area contributed by atoms with E-state index in [9.17, 15) is 19.5 Å². The summed E-state index contributed by atoms with van der Waals surface area (Å²) >= 11 is 1.36. The van der Waals surface area contributed by atoms with Gasteiger partial charge in [-0.3, -0.25) is 14.4 Å². The molecule has 0 fully saturated rings. The number of anilines is 2. The first kappa shape index (κ1) is 26.0. The number of hydrogen-bond donors (Lipinski definition) is 3. The fraction of sp³-hybridized carbons (Fsp3) is 0.207. The van der Waals surface area contributed by atoms with Gasteiger partial charge in [-0.05, 0) is 74.4 Å². The maximum Gasteiger partial charge on any atom is 0.307 e. The summed E-state index contributed by atoms with van der Waals surface area (Å²) in [5, 5.41) is 14.8. The number of amides is 2. The average Bonchev–Trinajstić information content (AvgIpc) is 2.90. The van der Waals surface area contributed by atoms with Crippen LogP contribution in [0.1, 0.15) is 19.8 Å². The van der Waals surface area contributed by atoms with Gasteiger partial charge >= 0.3 is 5.97 Å². The minimum absolute atomic E-state index is 0.158. The van der Waals surface area contributed by atoms with Crippen LogP contribution in [0.15, 0.2) is 95.9 Å². The van der Waals surface area contributed by atoms with Crippen LogP contribution in [-0.2, 0) is 14.4 Å². The van der Waals surface area contributed by atoms with Crippen molar-refractivity contribution in [1.29, 1.82) is 0 Å². The zero-order chi connectivity index (χ0) is 26.2. The van der Waals surface area contributed by atoms with Gasteiger partial charge in [-0.25, -0.2) is 0 Å². The van der Waals surface area contributed by atoms with Crippen molar-refractivity contribution in [2.45, 2.75) is 29.9 Å². The van der Waals surface area contributed by atoms with E-state index in [1.54, 1.807) is 48.5 Å². The zero-order valence-electron chi connectivity index (χ0n) is 20.3. The zero-order valence-corrected chi connectivity index (χ0v) is 21.1. The van der Waals surface area contributed by atoms with Crippen molar-refractivity contribution in [2.24, 2.45) is 11.8 Å². The number of carbonyl (C=O) groups is 3. The van der Waals surface area contributed by atoms with E-state index in [-0.39, 0.29) is 11.8 Å². The molecule has 1 aliphatic rings. The maximum atomic E-state index is 12.8. The molecule has 8 heteroatoms. The Labute approximate surface area is 219 Å². The number of allylic oxidation sites excluding steroid dienone is 2. The quantitative estimate of drug-likeness (QED) is 0.231. The summed E-state index contributed by atoms with van der Waals surface area (Å²) in [5.41, 5.74) is 1.23. The topological polar surface area (TPSA) is 105 Å². The predicted octanol–water partition coefficient (Wildman–Crippen LogP) is 6.20. The Balaban J connectivity index is 1.31. The summed E-state index contributed by atoms with van der Waals surface area (Å²) in [4.78, 5) is 37.9. The Morgan fingerprint density at radius 1 is 0.838 bits per heavy atom. The number of benzene rings is 3. The van der Waals surface area contributed by atoms with Gasteiger partial charge in [-0.15, -0.1) is 11.8 Å². The molecule has 0 aliphatic heterocycles. The monoisotopic (exact) mass is 516 g/mol. The van der Waals surface area contributed by atoms with Crippen molar-refractivity contribution in [2.75, 3.05) is 10.6 Å². The van der Waals surface area contributed by atoms with Crippen LogP contribution in [0.2, 0.25) is 0 Å². The molecule has 3 atom stereocenters. The Morgan fingerprint density at radius 2 is 1.51 bits per heavy atom. The minimum Gasteiger partial charge on any atom is -0.481 e. The molecule has 0 saturated carbocycles. The Kier molecular flexibility index (Phi) is 8.64. The second kappa shape index (κ2) is 12.3. The molecule has 7 nitrogen and oxygen atoms in total. The van der Waals surface area contributed by atoms with Gasteiger partial charge in [0.2, 0.25) is 11.8 Å². The van der Waals surface area contributed by atoms with Crippen LogP contribution in [0.3, 0.4) is 0 Å². The van der Waals surface area contributed by atoms with Crippen molar-refractivity contribution in [3.63, 3.8) is 0 Å². The van der Waals surface area contributed by atoms with Crippen LogP contribution in [-0.4, -0.2) is 28.1 Å². The second-order valence-electron chi connectivity index (χ2n) is 8.70. The van der Waals surface area contributed by atoms with Crippen molar-refractivity contribution in [1.82, 2.24) is 0 Å². The first-order chi connectivity index (χ1) is 17.9. The molecule has 0 aromatic heterocycles. The first-order valence-corrected chi connectivity index (χ1v) is 12.9.